The Bertz CT molecular complexity index is 1150. The maximum atomic E-state index is 4.93. The Balaban J connectivity index is 0.000000646. The summed E-state index contributed by atoms with van der Waals surface area (Å²) < 4.78 is 0. The largest absolute Gasteiger partial charge is 0.0619 e. The molecule has 2 aliphatic carbocycles. The first kappa shape index (κ1) is 21.2. The van der Waals surface area contributed by atoms with Crippen molar-refractivity contribution in [3.05, 3.63) is 118 Å². The van der Waals surface area contributed by atoms with E-state index in [-0.39, 0.29) is 0 Å². The Morgan fingerprint density at radius 1 is 0.516 bits per heavy atom. The summed E-state index contributed by atoms with van der Waals surface area (Å²) in [6, 6.07) is 31.5. The van der Waals surface area contributed by atoms with Gasteiger partial charge in [-0.3, -0.25) is 0 Å². The molecule has 3 heteroatoms. The molecule has 0 aliphatic heterocycles. The van der Waals surface area contributed by atoms with Gasteiger partial charge in [0.25, 0.3) is 0 Å². The van der Waals surface area contributed by atoms with Crippen LogP contribution in [0.1, 0.15) is 33.4 Å². The summed E-state index contributed by atoms with van der Waals surface area (Å²) >= 11 is -0.826. The predicted octanol–water partition coefficient (Wildman–Crippen LogP) is 7.99. The van der Waals surface area contributed by atoms with Crippen molar-refractivity contribution in [2.45, 2.75) is 25.7 Å². The molecular weight excluding hydrogens is 498 g/mol. The Morgan fingerprint density at radius 3 is 1.35 bits per heavy atom. The van der Waals surface area contributed by atoms with Crippen LogP contribution in [0, 0.1) is 0 Å². The van der Waals surface area contributed by atoms with Crippen LogP contribution < -0.4 is 0 Å². The van der Waals surface area contributed by atoms with Crippen LogP contribution >= 0.6 is 17.0 Å². The molecule has 0 saturated carbocycles. The topological polar surface area (TPSA) is 0 Å². The van der Waals surface area contributed by atoms with Gasteiger partial charge < -0.3 is 0 Å². The minimum atomic E-state index is -0.826. The van der Waals surface area contributed by atoms with Crippen LogP contribution in [0.5, 0.6) is 0 Å². The molecular formula is C28H22Cl2Zr. The first-order valence-corrected chi connectivity index (χ1v) is 17.0. The predicted molar refractivity (Wildman–Crippen MR) is 128 cm³/mol. The molecule has 4 aromatic carbocycles. The second-order valence-electron chi connectivity index (χ2n) is 8.13. The molecule has 0 heterocycles. The Labute approximate surface area is 202 Å². The molecule has 0 radical (unpaired) electrons. The van der Waals surface area contributed by atoms with Crippen LogP contribution in [-0.4, -0.2) is 0 Å². The third kappa shape index (κ3) is 4.09. The standard InChI is InChI=1S/C28H22.2ClH.Zr/c1-3-11-23-21(7-1)17-27-19(9-5-13-25(23)27)15-16-20-10-6-14-26-24-12-4-2-8-22(24)18-28(20)26;;;/h1-14H,15-18H2;2*1H;/q;;;+2/p-2. The van der Waals surface area contributed by atoms with Crippen molar-refractivity contribution < 1.29 is 20.8 Å². The molecule has 0 saturated heterocycles. The van der Waals surface area contributed by atoms with Gasteiger partial charge in [0.15, 0.2) is 0 Å². The van der Waals surface area contributed by atoms with Gasteiger partial charge in [-0.25, -0.2) is 0 Å². The summed E-state index contributed by atoms with van der Waals surface area (Å²) in [5.74, 6) is 0. The van der Waals surface area contributed by atoms with Gasteiger partial charge in [0, 0.05) is 0 Å². The molecule has 6 rings (SSSR count). The smallest absolute Gasteiger partial charge is 0.00107 e. The summed E-state index contributed by atoms with van der Waals surface area (Å²) in [4.78, 5) is 0. The summed E-state index contributed by atoms with van der Waals surface area (Å²) in [5.41, 5.74) is 14.8. The van der Waals surface area contributed by atoms with E-state index in [2.05, 4.69) is 84.9 Å². The van der Waals surface area contributed by atoms with E-state index >= 15 is 0 Å². The molecule has 0 nitrogen and oxygen atoms in total. The molecule has 0 atom stereocenters. The summed E-state index contributed by atoms with van der Waals surface area (Å²) in [5, 5.41) is 0. The number of halogens is 2. The second kappa shape index (κ2) is 9.45. The molecule has 2 aliphatic rings. The molecule has 31 heavy (non-hydrogen) atoms. The van der Waals surface area contributed by atoms with Crippen molar-refractivity contribution >= 4 is 17.0 Å². The van der Waals surface area contributed by atoms with Gasteiger partial charge in [0.05, 0.1) is 0 Å². The molecule has 0 aromatic heterocycles. The van der Waals surface area contributed by atoms with Gasteiger partial charge >= 0.3 is 37.9 Å². The van der Waals surface area contributed by atoms with Crippen LogP contribution in [0.15, 0.2) is 84.9 Å². The number of benzene rings is 4. The zero-order valence-corrected chi connectivity index (χ0v) is 21.1. The molecule has 152 valence electrons. The normalized spacial score (nSPS) is 12.2. The van der Waals surface area contributed by atoms with Crippen molar-refractivity contribution in [3.63, 3.8) is 0 Å². The minimum absolute atomic E-state index is 0.826. The fraction of sp³-hybridized carbons (Fsp3) is 0.143. The van der Waals surface area contributed by atoms with Gasteiger partial charge in [-0.1, -0.05) is 84.9 Å². The van der Waals surface area contributed by atoms with Gasteiger partial charge in [0.2, 0.25) is 0 Å². The first-order chi connectivity index (χ1) is 15.3. The van der Waals surface area contributed by atoms with Gasteiger partial charge in [-0.2, -0.15) is 0 Å². The third-order valence-corrected chi connectivity index (χ3v) is 6.56. The Kier molecular flexibility index (Phi) is 6.47. The summed E-state index contributed by atoms with van der Waals surface area (Å²) in [6.07, 6.45) is 4.40. The maximum absolute atomic E-state index is 4.93. The van der Waals surface area contributed by atoms with E-state index in [1.54, 1.807) is 11.1 Å². The van der Waals surface area contributed by atoms with E-state index in [1.165, 1.54) is 44.5 Å². The van der Waals surface area contributed by atoms with Crippen LogP contribution in [-0.2, 0) is 46.5 Å². The second-order valence-corrected chi connectivity index (χ2v) is 11.9. The Hall–Kier alpha value is -1.66. The van der Waals surface area contributed by atoms with Gasteiger partial charge in [-0.15, -0.1) is 0 Å². The van der Waals surface area contributed by atoms with E-state index in [4.69, 9.17) is 17.0 Å². The van der Waals surface area contributed by atoms with E-state index in [0.717, 1.165) is 25.7 Å². The van der Waals surface area contributed by atoms with E-state index < -0.39 is 20.8 Å². The zero-order valence-electron chi connectivity index (χ0n) is 17.2. The van der Waals surface area contributed by atoms with Crippen LogP contribution in [0.4, 0.5) is 0 Å². The van der Waals surface area contributed by atoms with Crippen LogP contribution in [0.2, 0.25) is 0 Å². The summed E-state index contributed by atoms with van der Waals surface area (Å²) in [6.45, 7) is 0. The van der Waals surface area contributed by atoms with Crippen molar-refractivity contribution in [1.82, 2.24) is 0 Å². The number of hydrogen-bond acceptors (Lipinski definition) is 0. The van der Waals surface area contributed by atoms with Crippen LogP contribution in [0.3, 0.4) is 0 Å². The summed E-state index contributed by atoms with van der Waals surface area (Å²) in [7, 11) is 9.87. The van der Waals surface area contributed by atoms with E-state index in [1.807, 2.05) is 0 Å². The van der Waals surface area contributed by atoms with Crippen molar-refractivity contribution in [3.8, 4) is 22.3 Å². The fourth-order valence-corrected chi connectivity index (χ4v) is 5.18. The quantitative estimate of drug-likeness (QED) is 0.222. The molecule has 0 unspecified atom stereocenters. The number of rotatable bonds is 3. The minimum Gasteiger partial charge on any atom is -0.0619 e. The molecule has 0 N–H and O–H groups in total. The average molecular weight is 521 g/mol. The molecule has 0 amide bonds. The van der Waals surface area contributed by atoms with E-state index in [9.17, 15) is 0 Å². The van der Waals surface area contributed by atoms with Crippen molar-refractivity contribution in [2.75, 3.05) is 0 Å². The maximum Gasteiger partial charge on any atom is -0.00107 e. The SMILES string of the molecule is [Cl][Zr][Cl].c1ccc2c(c1)Cc1c(CCc3cccc4c3Cc3ccccc3-4)cccc1-2. The monoisotopic (exact) mass is 518 g/mol. The molecule has 0 fully saturated rings. The van der Waals surface area contributed by atoms with Gasteiger partial charge in [-0.05, 0) is 81.3 Å². The Morgan fingerprint density at radius 2 is 0.903 bits per heavy atom. The van der Waals surface area contributed by atoms with E-state index in [0.29, 0.717) is 0 Å². The number of aryl methyl sites for hydroxylation is 2. The number of hydrogen-bond donors (Lipinski definition) is 0. The number of fused-ring (bicyclic) bond motifs is 6. The average Bonchev–Trinajstić information content (AvgIpc) is 3.37. The van der Waals surface area contributed by atoms with Gasteiger partial charge in [0.1, 0.15) is 0 Å². The third-order valence-electron chi connectivity index (χ3n) is 6.56. The zero-order chi connectivity index (χ0) is 21.2. The molecule has 0 spiro atoms. The van der Waals surface area contributed by atoms with Crippen LogP contribution in [0.25, 0.3) is 22.3 Å². The molecule has 4 aromatic rings. The van der Waals surface area contributed by atoms with Crippen molar-refractivity contribution in [2.24, 2.45) is 0 Å². The van der Waals surface area contributed by atoms with Crippen molar-refractivity contribution in [1.29, 1.82) is 0 Å². The first-order valence-electron chi connectivity index (χ1n) is 10.6. The fourth-order valence-electron chi connectivity index (χ4n) is 5.18. The molecule has 0 bridgehead atoms.